The second-order valence-corrected chi connectivity index (χ2v) is 7.03. The minimum Gasteiger partial charge on any atom is -0.492 e. The molecule has 0 aliphatic rings. The Bertz CT molecular complexity index is 931. The van der Waals surface area contributed by atoms with Crippen LogP contribution in [0.15, 0.2) is 53.8 Å². The molecule has 0 aliphatic carbocycles. The first kappa shape index (κ1) is 20.4. The van der Waals surface area contributed by atoms with Crippen molar-refractivity contribution >= 4 is 5.96 Å². The third-order valence-corrected chi connectivity index (χ3v) is 4.53. The van der Waals surface area contributed by atoms with Crippen LogP contribution in [-0.4, -0.2) is 53.3 Å². The Morgan fingerprint density at radius 3 is 2.66 bits per heavy atom. The fourth-order valence-electron chi connectivity index (χ4n) is 3.16. The molecule has 0 atom stereocenters. The lowest BCUT2D eigenvalue weighted by molar-refractivity contribution is 0.281. The first-order valence-electron chi connectivity index (χ1n) is 9.62. The standard InChI is InChI=1S/C22H28N6O/c1-16-10-17(2)12-20(11-16)29-9-8-28(4)22(23-3)24-14-18-6-5-7-19(13-18)21-25-15-26-27-21/h5-7,10-13,15H,8-9,14H2,1-4H3,(H,23,24)(H,25,26,27). The Labute approximate surface area is 171 Å². The second kappa shape index (κ2) is 9.73. The number of nitrogens with one attached hydrogen (secondary N) is 2. The van der Waals surface area contributed by atoms with E-state index in [-0.39, 0.29) is 0 Å². The maximum absolute atomic E-state index is 5.91. The number of hydrogen-bond acceptors (Lipinski definition) is 4. The van der Waals surface area contributed by atoms with Crippen LogP contribution in [0.5, 0.6) is 5.75 Å². The summed E-state index contributed by atoms with van der Waals surface area (Å²) in [4.78, 5) is 10.6. The zero-order chi connectivity index (χ0) is 20.6. The first-order valence-corrected chi connectivity index (χ1v) is 9.62. The van der Waals surface area contributed by atoms with Crippen LogP contribution in [0.1, 0.15) is 16.7 Å². The Morgan fingerprint density at radius 2 is 1.97 bits per heavy atom. The summed E-state index contributed by atoms with van der Waals surface area (Å²) in [6, 6.07) is 14.4. The fraction of sp³-hybridized carbons (Fsp3) is 0.318. The van der Waals surface area contributed by atoms with E-state index in [1.165, 1.54) is 17.5 Å². The molecule has 0 saturated carbocycles. The number of hydrogen-bond donors (Lipinski definition) is 2. The highest BCUT2D eigenvalue weighted by molar-refractivity contribution is 5.79. The average Bonchev–Trinajstić information content (AvgIpc) is 3.23. The maximum Gasteiger partial charge on any atom is 0.193 e. The number of aryl methyl sites for hydroxylation is 2. The van der Waals surface area contributed by atoms with Crippen LogP contribution in [0.25, 0.3) is 11.4 Å². The van der Waals surface area contributed by atoms with Crippen molar-refractivity contribution in [2.45, 2.75) is 20.4 Å². The summed E-state index contributed by atoms with van der Waals surface area (Å²) in [5, 5.41) is 10.2. The number of guanidine groups is 1. The van der Waals surface area contributed by atoms with Crippen LogP contribution < -0.4 is 10.1 Å². The van der Waals surface area contributed by atoms with Gasteiger partial charge in [-0.25, -0.2) is 4.98 Å². The maximum atomic E-state index is 5.91. The molecule has 1 aromatic heterocycles. The monoisotopic (exact) mass is 392 g/mol. The van der Waals surface area contributed by atoms with Gasteiger partial charge in [0.05, 0.1) is 6.54 Å². The fourth-order valence-corrected chi connectivity index (χ4v) is 3.16. The van der Waals surface area contributed by atoms with E-state index in [9.17, 15) is 0 Å². The third-order valence-electron chi connectivity index (χ3n) is 4.53. The molecule has 0 amide bonds. The molecular weight excluding hydrogens is 364 g/mol. The molecule has 2 aromatic carbocycles. The minimum absolute atomic E-state index is 0.584. The number of nitrogens with zero attached hydrogens (tertiary/aromatic N) is 4. The van der Waals surface area contributed by atoms with Crippen molar-refractivity contribution in [3.63, 3.8) is 0 Å². The molecule has 1 heterocycles. The van der Waals surface area contributed by atoms with Gasteiger partial charge in [-0.1, -0.05) is 24.3 Å². The summed E-state index contributed by atoms with van der Waals surface area (Å²) < 4.78 is 5.91. The summed E-state index contributed by atoms with van der Waals surface area (Å²) in [5.41, 5.74) is 4.56. The zero-order valence-electron chi connectivity index (χ0n) is 17.4. The first-order chi connectivity index (χ1) is 14.0. The van der Waals surface area contributed by atoms with Crippen LogP contribution >= 0.6 is 0 Å². The van der Waals surface area contributed by atoms with E-state index in [2.05, 4.69) is 74.6 Å². The molecule has 3 rings (SSSR count). The van der Waals surface area contributed by atoms with E-state index in [0.29, 0.717) is 13.2 Å². The van der Waals surface area contributed by atoms with Crippen LogP contribution in [0.2, 0.25) is 0 Å². The molecule has 0 bridgehead atoms. The Morgan fingerprint density at radius 1 is 1.17 bits per heavy atom. The summed E-state index contributed by atoms with van der Waals surface area (Å²) in [6.45, 7) is 6.13. The SMILES string of the molecule is CN=C(NCc1cccc(-c2ncn[nH]2)c1)N(C)CCOc1cc(C)cc(C)c1. The van der Waals surface area contributed by atoms with E-state index < -0.39 is 0 Å². The van der Waals surface area contributed by atoms with Gasteiger partial charge in [0.15, 0.2) is 11.8 Å². The van der Waals surface area contributed by atoms with E-state index in [1.54, 1.807) is 7.05 Å². The van der Waals surface area contributed by atoms with Gasteiger partial charge in [-0.15, -0.1) is 0 Å². The molecule has 0 radical (unpaired) electrons. The van der Waals surface area contributed by atoms with E-state index in [0.717, 1.165) is 35.2 Å². The van der Waals surface area contributed by atoms with Crippen molar-refractivity contribution in [3.8, 4) is 17.1 Å². The van der Waals surface area contributed by atoms with Gasteiger partial charge in [-0.2, -0.15) is 5.10 Å². The quantitative estimate of drug-likeness (QED) is 0.477. The molecule has 3 aromatic rings. The molecular formula is C22H28N6O. The Hall–Kier alpha value is -3.35. The summed E-state index contributed by atoms with van der Waals surface area (Å²) in [5.74, 6) is 2.49. The van der Waals surface area contributed by atoms with Gasteiger partial charge in [-0.05, 0) is 48.7 Å². The average molecular weight is 393 g/mol. The molecule has 0 aliphatic heterocycles. The van der Waals surface area contributed by atoms with Crippen LogP contribution in [0.4, 0.5) is 0 Å². The normalized spacial score (nSPS) is 11.4. The lowest BCUT2D eigenvalue weighted by atomic mass is 10.1. The summed E-state index contributed by atoms with van der Waals surface area (Å²) >= 11 is 0. The van der Waals surface area contributed by atoms with Crippen molar-refractivity contribution in [3.05, 3.63) is 65.5 Å². The lowest BCUT2D eigenvalue weighted by Crippen LogP contribution is -2.40. The van der Waals surface area contributed by atoms with Crippen LogP contribution in [-0.2, 0) is 6.54 Å². The van der Waals surface area contributed by atoms with E-state index in [4.69, 9.17) is 4.74 Å². The highest BCUT2D eigenvalue weighted by Gasteiger charge is 2.07. The number of aromatic amines is 1. The van der Waals surface area contributed by atoms with Crippen molar-refractivity contribution in [2.75, 3.05) is 27.2 Å². The van der Waals surface area contributed by atoms with Gasteiger partial charge in [0.1, 0.15) is 18.7 Å². The van der Waals surface area contributed by atoms with Crippen molar-refractivity contribution in [1.29, 1.82) is 0 Å². The van der Waals surface area contributed by atoms with Crippen molar-refractivity contribution in [1.82, 2.24) is 25.4 Å². The van der Waals surface area contributed by atoms with Crippen LogP contribution in [0.3, 0.4) is 0 Å². The molecule has 0 unspecified atom stereocenters. The predicted octanol–water partition coefficient (Wildman–Crippen LogP) is 3.17. The van der Waals surface area contributed by atoms with Gasteiger partial charge in [0, 0.05) is 26.2 Å². The number of aromatic nitrogens is 3. The summed E-state index contributed by atoms with van der Waals surface area (Å²) in [6.07, 6.45) is 1.51. The third kappa shape index (κ3) is 5.81. The van der Waals surface area contributed by atoms with Crippen molar-refractivity contribution < 1.29 is 4.74 Å². The molecule has 0 spiro atoms. The molecule has 7 nitrogen and oxygen atoms in total. The Kier molecular flexibility index (Phi) is 6.84. The molecule has 2 N–H and O–H groups in total. The van der Waals surface area contributed by atoms with Crippen LogP contribution in [0, 0.1) is 13.8 Å². The second-order valence-electron chi connectivity index (χ2n) is 7.03. The van der Waals surface area contributed by atoms with Gasteiger partial charge < -0.3 is 15.0 Å². The van der Waals surface area contributed by atoms with Gasteiger partial charge in [-0.3, -0.25) is 10.1 Å². The minimum atomic E-state index is 0.584. The predicted molar refractivity (Wildman–Crippen MR) is 116 cm³/mol. The zero-order valence-corrected chi connectivity index (χ0v) is 17.4. The number of benzene rings is 2. The van der Waals surface area contributed by atoms with E-state index >= 15 is 0 Å². The number of likely N-dealkylation sites (N-methyl/N-ethyl adjacent to an activating group) is 1. The molecule has 29 heavy (non-hydrogen) atoms. The highest BCUT2D eigenvalue weighted by atomic mass is 16.5. The summed E-state index contributed by atoms with van der Waals surface area (Å²) in [7, 11) is 3.79. The number of ether oxygens (including phenoxy) is 1. The molecule has 152 valence electrons. The number of rotatable bonds is 7. The Balaban J connectivity index is 1.51. The van der Waals surface area contributed by atoms with E-state index in [1.807, 2.05) is 19.2 Å². The lowest BCUT2D eigenvalue weighted by Gasteiger charge is -2.22. The topological polar surface area (TPSA) is 78.4 Å². The largest absolute Gasteiger partial charge is 0.492 e. The van der Waals surface area contributed by atoms with Gasteiger partial charge in [0.2, 0.25) is 0 Å². The highest BCUT2D eigenvalue weighted by Crippen LogP contribution is 2.16. The number of aliphatic imine (C=N–C) groups is 1. The number of H-pyrrole nitrogens is 1. The molecule has 7 heteroatoms. The smallest absolute Gasteiger partial charge is 0.193 e. The molecule has 0 fully saturated rings. The van der Waals surface area contributed by atoms with Gasteiger partial charge in [0.25, 0.3) is 0 Å². The van der Waals surface area contributed by atoms with Gasteiger partial charge >= 0.3 is 0 Å². The van der Waals surface area contributed by atoms with Crippen molar-refractivity contribution in [2.24, 2.45) is 4.99 Å². The molecule has 0 saturated heterocycles.